The van der Waals surface area contributed by atoms with Crippen molar-refractivity contribution in [3.05, 3.63) is 46.4 Å². The Morgan fingerprint density at radius 3 is 2.68 bits per heavy atom. The highest BCUT2D eigenvalue weighted by Gasteiger charge is 2.14. The number of rotatable bonds is 5. The first kappa shape index (κ1) is 14.0. The molecule has 0 radical (unpaired) electrons. The molecule has 2 heterocycles. The van der Waals surface area contributed by atoms with Crippen molar-refractivity contribution in [3.63, 3.8) is 0 Å². The van der Waals surface area contributed by atoms with Gasteiger partial charge in [-0.2, -0.15) is 0 Å². The van der Waals surface area contributed by atoms with Gasteiger partial charge in [-0.15, -0.1) is 11.3 Å². The first-order valence-corrected chi connectivity index (χ1v) is 7.49. The molecule has 0 spiro atoms. The Morgan fingerprint density at radius 1 is 1.37 bits per heavy atom. The lowest BCUT2D eigenvalue weighted by molar-refractivity contribution is 0.673. The maximum atomic E-state index is 5.98. The molecule has 0 fully saturated rings. The molecule has 2 N–H and O–H groups in total. The Labute approximate surface area is 119 Å². The second-order valence-electron chi connectivity index (χ2n) is 4.76. The van der Waals surface area contributed by atoms with Crippen LogP contribution in [0.5, 0.6) is 0 Å². The van der Waals surface area contributed by atoms with E-state index in [1.165, 1.54) is 4.88 Å². The SMILES string of the molecule is CC[C@H](N)c1ccc(N(C)C(C)c2cccs2)cn1. The second kappa shape index (κ2) is 6.17. The van der Waals surface area contributed by atoms with Crippen LogP contribution in [0.25, 0.3) is 0 Å². The first-order valence-electron chi connectivity index (χ1n) is 6.61. The smallest absolute Gasteiger partial charge is 0.0604 e. The normalized spacial score (nSPS) is 14.1. The molecule has 0 aliphatic heterocycles. The van der Waals surface area contributed by atoms with Crippen molar-refractivity contribution in [3.8, 4) is 0 Å². The van der Waals surface area contributed by atoms with Gasteiger partial charge in [0.15, 0.2) is 0 Å². The van der Waals surface area contributed by atoms with Crippen LogP contribution < -0.4 is 10.6 Å². The lowest BCUT2D eigenvalue weighted by Crippen LogP contribution is -2.21. The van der Waals surface area contributed by atoms with Crippen molar-refractivity contribution in [1.29, 1.82) is 0 Å². The van der Waals surface area contributed by atoms with Crippen molar-refractivity contribution in [2.24, 2.45) is 5.73 Å². The summed E-state index contributed by atoms with van der Waals surface area (Å²) >= 11 is 1.78. The number of hydrogen-bond acceptors (Lipinski definition) is 4. The Kier molecular flexibility index (Phi) is 4.56. The molecule has 0 aliphatic rings. The predicted octanol–water partition coefficient (Wildman–Crippen LogP) is 3.75. The van der Waals surface area contributed by atoms with Gasteiger partial charge in [-0.25, -0.2) is 0 Å². The molecule has 0 aromatic carbocycles. The summed E-state index contributed by atoms with van der Waals surface area (Å²) in [6.07, 6.45) is 2.82. The van der Waals surface area contributed by atoms with Gasteiger partial charge >= 0.3 is 0 Å². The van der Waals surface area contributed by atoms with Gasteiger partial charge in [0, 0.05) is 18.0 Å². The van der Waals surface area contributed by atoms with E-state index in [1.54, 1.807) is 11.3 Å². The zero-order chi connectivity index (χ0) is 13.8. The minimum Gasteiger partial charge on any atom is -0.366 e. The molecule has 0 aliphatic carbocycles. The standard InChI is InChI=1S/C15H21N3S/c1-4-13(16)14-8-7-12(10-17-14)18(3)11(2)15-6-5-9-19-15/h5-11,13H,4,16H2,1-3H3/t11?,13-/m0/s1. The zero-order valence-electron chi connectivity index (χ0n) is 11.7. The van der Waals surface area contributed by atoms with Gasteiger partial charge in [-0.1, -0.05) is 13.0 Å². The topological polar surface area (TPSA) is 42.1 Å². The van der Waals surface area contributed by atoms with Crippen LogP contribution in [0.1, 0.15) is 42.9 Å². The third-order valence-corrected chi connectivity index (χ3v) is 4.58. The van der Waals surface area contributed by atoms with Crippen LogP contribution >= 0.6 is 11.3 Å². The first-order chi connectivity index (χ1) is 9.13. The third-order valence-electron chi connectivity index (χ3n) is 3.53. The van der Waals surface area contributed by atoms with E-state index < -0.39 is 0 Å². The van der Waals surface area contributed by atoms with Crippen LogP contribution in [0.15, 0.2) is 35.8 Å². The van der Waals surface area contributed by atoms with E-state index in [9.17, 15) is 0 Å². The molecule has 19 heavy (non-hydrogen) atoms. The highest BCUT2D eigenvalue weighted by molar-refractivity contribution is 7.10. The van der Waals surface area contributed by atoms with Crippen LogP contribution in [-0.4, -0.2) is 12.0 Å². The van der Waals surface area contributed by atoms with Gasteiger partial charge in [0.25, 0.3) is 0 Å². The fraction of sp³-hybridized carbons (Fsp3) is 0.400. The van der Waals surface area contributed by atoms with Crippen LogP contribution in [0.2, 0.25) is 0 Å². The molecular weight excluding hydrogens is 254 g/mol. The Hall–Kier alpha value is -1.39. The summed E-state index contributed by atoms with van der Waals surface area (Å²) in [5.74, 6) is 0. The van der Waals surface area contributed by atoms with Crippen molar-refractivity contribution in [2.75, 3.05) is 11.9 Å². The van der Waals surface area contributed by atoms with Crippen LogP contribution in [0.4, 0.5) is 5.69 Å². The molecule has 0 amide bonds. The lowest BCUT2D eigenvalue weighted by Gasteiger charge is -2.26. The molecule has 102 valence electrons. The minimum atomic E-state index is 0.0362. The van der Waals surface area contributed by atoms with E-state index in [1.807, 2.05) is 12.3 Å². The van der Waals surface area contributed by atoms with Gasteiger partial charge in [0.05, 0.1) is 23.6 Å². The Bertz CT molecular complexity index is 493. The largest absolute Gasteiger partial charge is 0.366 e. The molecule has 2 rings (SSSR count). The Morgan fingerprint density at radius 2 is 2.16 bits per heavy atom. The van der Waals surface area contributed by atoms with Crippen molar-refractivity contribution < 1.29 is 0 Å². The summed E-state index contributed by atoms with van der Waals surface area (Å²) < 4.78 is 0. The summed E-state index contributed by atoms with van der Waals surface area (Å²) in [6.45, 7) is 4.28. The fourth-order valence-corrected chi connectivity index (χ4v) is 2.80. The van der Waals surface area contributed by atoms with Crippen molar-refractivity contribution >= 4 is 17.0 Å². The summed E-state index contributed by atoms with van der Waals surface area (Å²) in [5.41, 5.74) is 8.06. The monoisotopic (exact) mass is 275 g/mol. The molecule has 0 saturated carbocycles. The molecule has 0 saturated heterocycles. The van der Waals surface area contributed by atoms with Crippen molar-refractivity contribution in [2.45, 2.75) is 32.4 Å². The number of nitrogens with zero attached hydrogens (tertiary/aromatic N) is 2. The molecule has 2 aromatic heterocycles. The number of thiophene rings is 1. The summed E-state index contributed by atoms with van der Waals surface area (Å²) in [5, 5.41) is 2.11. The molecule has 4 heteroatoms. The molecule has 2 atom stereocenters. The summed E-state index contributed by atoms with van der Waals surface area (Å²) in [6, 6.07) is 8.77. The van der Waals surface area contributed by atoms with E-state index in [0.717, 1.165) is 17.8 Å². The molecule has 1 unspecified atom stereocenters. The number of hydrogen-bond donors (Lipinski definition) is 1. The van der Waals surface area contributed by atoms with Crippen molar-refractivity contribution in [1.82, 2.24) is 4.98 Å². The summed E-state index contributed by atoms with van der Waals surface area (Å²) in [4.78, 5) is 8.07. The van der Waals surface area contributed by atoms with Crippen LogP contribution in [-0.2, 0) is 0 Å². The van der Waals surface area contributed by atoms with E-state index in [0.29, 0.717) is 6.04 Å². The molecule has 3 nitrogen and oxygen atoms in total. The third kappa shape index (κ3) is 3.14. The van der Waals surface area contributed by atoms with Crippen LogP contribution in [0, 0.1) is 0 Å². The zero-order valence-corrected chi connectivity index (χ0v) is 12.5. The summed E-state index contributed by atoms with van der Waals surface area (Å²) in [7, 11) is 2.10. The predicted molar refractivity (Wildman–Crippen MR) is 82.6 cm³/mol. The van der Waals surface area contributed by atoms with E-state index in [2.05, 4.69) is 54.4 Å². The van der Waals surface area contributed by atoms with Gasteiger partial charge in [-0.05, 0) is 36.9 Å². The lowest BCUT2D eigenvalue weighted by atomic mass is 10.1. The quantitative estimate of drug-likeness (QED) is 0.903. The molecular formula is C15H21N3S. The van der Waals surface area contributed by atoms with Gasteiger partial charge in [0.1, 0.15) is 0 Å². The average Bonchev–Trinajstić information content (AvgIpc) is 2.99. The Balaban J connectivity index is 2.13. The van der Waals surface area contributed by atoms with Gasteiger partial charge in [-0.3, -0.25) is 4.98 Å². The van der Waals surface area contributed by atoms with Crippen LogP contribution in [0.3, 0.4) is 0 Å². The maximum Gasteiger partial charge on any atom is 0.0604 e. The van der Waals surface area contributed by atoms with E-state index in [-0.39, 0.29) is 6.04 Å². The van der Waals surface area contributed by atoms with Gasteiger partial charge < -0.3 is 10.6 Å². The number of nitrogens with two attached hydrogens (primary N) is 1. The highest BCUT2D eigenvalue weighted by Crippen LogP contribution is 2.28. The number of aromatic nitrogens is 1. The van der Waals surface area contributed by atoms with E-state index >= 15 is 0 Å². The average molecular weight is 275 g/mol. The minimum absolute atomic E-state index is 0.0362. The fourth-order valence-electron chi connectivity index (χ4n) is 1.98. The second-order valence-corrected chi connectivity index (χ2v) is 5.74. The number of pyridine rings is 1. The van der Waals surface area contributed by atoms with Gasteiger partial charge in [0.2, 0.25) is 0 Å². The van der Waals surface area contributed by atoms with E-state index in [4.69, 9.17) is 5.73 Å². The molecule has 2 aromatic rings. The maximum absolute atomic E-state index is 5.98. The number of anilines is 1. The molecule has 0 bridgehead atoms. The highest BCUT2D eigenvalue weighted by atomic mass is 32.1.